The lowest BCUT2D eigenvalue weighted by molar-refractivity contribution is -0.122. The van der Waals surface area contributed by atoms with Gasteiger partial charge in [-0.1, -0.05) is 19.4 Å². The van der Waals surface area contributed by atoms with E-state index in [1.807, 2.05) is 25.1 Å². The third-order valence-electron chi connectivity index (χ3n) is 2.34. The maximum absolute atomic E-state index is 11.5. The Balaban J connectivity index is 2.23. The predicted octanol–water partition coefficient (Wildman–Crippen LogP) is 0.868. The molecule has 0 saturated heterocycles. The van der Waals surface area contributed by atoms with E-state index < -0.39 is 0 Å². The lowest BCUT2D eigenvalue weighted by Gasteiger charge is -2.10. The summed E-state index contributed by atoms with van der Waals surface area (Å²) in [4.78, 5) is 15.6. The first-order valence-electron chi connectivity index (χ1n) is 5.67. The first kappa shape index (κ1) is 12.6. The molecule has 0 aliphatic carbocycles. The van der Waals surface area contributed by atoms with E-state index in [-0.39, 0.29) is 11.9 Å². The van der Waals surface area contributed by atoms with Gasteiger partial charge in [0.15, 0.2) is 0 Å². The lowest BCUT2D eigenvalue weighted by Crippen LogP contribution is -2.41. The minimum atomic E-state index is -0.381. The summed E-state index contributed by atoms with van der Waals surface area (Å²) in [6.07, 6.45) is 4.15. The number of pyridine rings is 1. The van der Waals surface area contributed by atoms with Crippen molar-refractivity contribution in [1.29, 1.82) is 0 Å². The molecule has 0 aromatic carbocycles. The maximum Gasteiger partial charge on any atom is 0.236 e. The van der Waals surface area contributed by atoms with Gasteiger partial charge in [0, 0.05) is 24.9 Å². The Morgan fingerprint density at radius 2 is 2.38 bits per heavy atom. The SMILES string of the molecule is CCC[C@H](N)C(=O)NCCc1ccccn1. The molecule has 4 heteroatoms. The molecular weight excluding hydrogens is 202 g/mol. The molecule has 4 nitrogen and oxygen atoms in total. The Morgan fingerprint density at radius 3 is 3.00 bits per heavy atom. The van der Waals surface area contributed by atoms with Gasteiger partial charge in [0.1, 0.15) is 0 Å². The van der Waals surface area contributed by atoms with Gasteiger partial charge in [-0.05, 0) is 18.6 Å². The number of carbonyl (C=O) groups excluding carboxylic acids is 1. The van der Waals surface area contributed by atoms with Gasteiger partial charge in [-0.2, -0.15) is 0 Å². The second-order valence-corrected chi connectivity index (χ2v) is 3.76. The second-order valence-electron chi connectivity index (χ2n) is 3.76. The van der Waals surface area contributed by atoms with Crippen molar-refractivity contribution in [3.05, 3.63) is 30.1 Å². The second kappa shape index (κ2) is 6.95. The van der Waals surface area contributed by atoms with Crippen molar-refractivity contribution in [2.75, 3.05) is 6.54 Å². The molecule has 0 aliphatic rings. The Labute approximate surface area is 96.3 Å². The molecule has 1 aromatic rings. The molecule has 88 valence electrons. The summed E-state index contributed by atoms with van der Waals surface area (Å²) in [6.45, 7) is 2.61. The van der Waals surface area contributed by atoms with Crippen LogP contribution in [-0.4, -0.2) is 23.5 Å². The summed E-state index contributed by atoms with van der Waals surface area (Å²) in [5, 5.41) is 2.81. The zero-order valence-corrected chi connectivity index (χ0v) is 9.65. The third kappa shape index (κ3) is 4.40. The van der Waals surface area contributed by atoms with Crippen molar-refractivity contribution in [2.24, 2.45) is 5.73 Å². The van der Waals surface area contributed by atoms with Gasteiger partial charge >= 0.3 is 0 Å². The highest BCUT2D eigenvalue weighted by atomic mass is 16.2. The standard InChI is InChI=1S/C12H19N3O/c1-2-5-11(13)12(16)15-9-7-10-6-3-4-8-14-10/h3-4,6,8,11H,2,5,7,9,13H2,1H3,(H,15,16)/t11-/m0/s1. The summed E-state index contributed by atoms with van der Waals surface area (Å²) < 4.78 is 0. The number of rotatable bonds is 6. The van der Waals surface area contributed by atoms with Gasteiger partial charge in [0.2, 0.25) is 5.91 Å². The van der Waals surface area contributed by atoms with E-state index in [0.29, 0.717) is 6.54 Å². The van der Waals surface area contributed by atoms with Gasteiger partial charge in [-0.3, -0.25) is 9.78 Å². The first-order valence-corrected chi connectivity index (χ1v) is 5.67. The fourth-order valence-electron chi connectivity index (χ4n) is 1.43. The van der Waals surface area contributed by atoms with Crippen LogP contribution >= 0.6 is 0 Å². The number of carbonyl (C=O) groups is 1. The maximum atomic E-state index is 11.5. The van der Waals surface area contributed by atoms with Crippen molar-refractivity contribution in [3.63, 3.8) is 0 Å². The Hall–Kier alpha value is -1.42. The molecule has 1 amide bonds. The Kier molecular flexibility index (Phi) is 5.50. The molecule has 0 spiro atoms. The number of aromatic nitrogens is 1. The molecule has 1 atom stereocenters. The zero-order chi connectivity index (χ0) is 11.8. The van der Waals surface area contributed by atoms with Gasteiger partial charge < -0.3 is 11.1 Å². The molecule has 1 rings (SSSR count). The molecule has 0 fully saturated rings. The van der Waals surface area contributed by atoms with E-state index in [0.717, 1.165) is 25.0 Å². The molecule has 3 N–H and O–H groups in total. The van der Waals surface area contributed by atoms with Crippen LogP contribution in [0.15, 0.2) is 24.4 Å². The summed E-state index contributed by atoms with van der Waals surface area (Å²) in [7, 11) is 0. The van der Waals surface area contributed by atoms with Crippen molar-refractivity contribution in [1.82, 2.24) is 10.3 Å². The highest BCUT2D eigenvalue weighted by Crippen LogP contribution is 1.95. The van der Waals surface area contributed by atoms with Crippen molar-refractivity contribution < 1.29 is 4.79 Å². The molecule has 16 heavy (non-hydrogen) atoms. The molecule has 0 aliphatic heterocycles. The van der Waals surface area contributed by atoms with Gasteiger partial charge in [0.25, 0.3) is 0 Å². The third-order valence-corrected chi connectivity index (χ3v) is 2.34. The monoisotopic (exact) mass is 221 g/mol. The average Bonchev–Trinajstić information content (AvgIpc) is 2.30. The van der Waals surface area contributed by atoms with Crippen molar-refractivity contribution >= 4 is 5.91 Å². The van der Waals surface area contributed by atoms with Gasteiger partial charge in [-0.15, -0.1) is 0 Å². The summed E-state index contributed by atoms with van der Waals surface area (Å²) in [5.74, 6) is -0.0715. The van der Waals surface area contributed by atoms with Crippen LogP contribution in [0.4, 0.5) is 0 Å². The van der Waals surface area contributed by atoms with E-state index in [9.17, 15) is 4.79 Å². The molecule has 1 heterocycles. The van der Waals surface area contributed by atoms with Crippen LogP contribution < -0.4 is 11.1 Å². The number of nitrogens with zero attached hydrogens (tertiary/aromatic N) is 1. The summed E-state index contributed by atoms with van der Waals surface area (Å²) in [5.41, 5.74) is 6.66. The number of nitrogens with one attached hydrogen (secondary N) is 1. The van der Waals surface area contributed by atoms with Crippen LogP contribution in [0.3, 0.4) is 0 Å². The van der Waals surface area contributed by atoms with E-state index >= 15 is 0 Å². The van der Waals surface area contributed by atoms with Gasteiger partial charge in [0.05, 0.1) is 6.04 Å². The molecule has 0 radical (unpaired) electrons. The smallest absolute Gasteiger partial charge is 0.236 e. The zero-order valence-electron chi connectivity index (χ0n) is 9.65. The van der Waals surface area contributed by atoms with Crippen LogP contribution in [0.5, 0.6) is 0 Å². The fraction of sp³-hybridized carbons (Fsp3) is 0.500. The number of hydrogen-bond acceptors (Lipinski definition) is 3. The Morgan fingerprint density at radius 1 is 1.56 bits per heavy atom. The first-order chi connectivity index (χ1) is 7.74. The molecule has 0 bridgehead atoms. The van der Waals surface area contributed by atoms with E-state index in [1.54, 1.807) is 6.20 Å². The predicted molar refractivity (Wildman–Crippen MR) is 63.8 cm³/mol. The molecule has 0 unspecified atom stereocenters. The molecule has 1 aromatic heterocycles. The summed E-state index contributed by atoms with van der Waals surface area (Å²) >= 11 is 0. The number of amides is 1. The van der Waals surface area contributed by atoms with Crippen molar-refractivity contribution in [2.45, 2.75) is 32.2 Å². The molecular formula is C12H19N3O. The van der Waals surface area contributed by atoms with Crippen LogP contribution in [-0.2, 0) is 11.2 Å². The van der Waals surface area contributed by atoms with Crippen LogP contribution in [0.1, 0.15) is 25.5 Å². The largest absolute Gasteiger partial charge is 0.354 e. The van der Waals surface area contributed by atoms with Crippen LogP contribution in [0, 0.1) is 0 Å². The van der Waals surface area contributed by atoms with Crippen molar-refractivity contribution in [3.8, 4) is 0 Å². The minimum absolute atomic E-state index is 0.0715. The normalized spacial score (nSPS) is 12.1. The number of nitrogens with two attached hydrogens (primary N) is 1. The van der Waals surface area contributed by atoms with Crippen LogP contribution in [0.25, 0.3) is 0 Å². The highest BCUT2D eigenvalue weighted by molar-refractivity contribution is 5.81. The lowest BCUT2D eigenvalue weighted by atomic mass is 10.1. The van der Waals surface area contributed by atoms with E-state index in [4.69, 9.17) is 5.73 Å². The quantitative estimate of drug-likeness (QED) is 0.749. The molecule has 0 saturated carbocycles. The summed E-state index contributed by atoms with van der Waals surface area (Å²) in [6, 6.07) is 5.37. The number of hydrogen-bond donors (Lipinski definition) is 2. The van der Waals surface area contributed by atoms with E-state index in [1.165, 1.54) is 0 Å². The Bertz CT molecular complexity index is 313. The fourth-order valence-corrected chi connectivity index (χ4v) is 1.43. The minimum Gasteiger partial charge on any atom is -0.354 e. The van der Waals surface area contributed by atoms with Gasteiger partial charge in [-0.25, -0.2) is 0 Å². The van der Waals surface area contributed by atoms with E-state index in [2.05, 4.69) is 10.3 Å². The average molecular weight is 221 g/mol. The highest BCUT2D eigenvalue weighted by Gasteiger charge is 2.10. The van der Waals surface area contributed by atoms with Crippen LogP contribution in [0.2, 0.25) is 0 Å². The topological polar surface area (TPSA) is 68.0 Å².